The van der Waals surface area contributed by atoms with Gasteiger partial charge in [-0.15, -0.1) is 5.10 Å². The Morgan fingerprint density at radius 2 is 1.78 bits per heavy atom. The van der Waals surface area contributed by atoms with E-state index in [0.29, 0.717) is 19.0 Å². The number of rotatable bonds is 4. The summed E-state index contributed by atoms with van der Waals surface area (Å²) in [7, 11) is -3.69. The van der Waals surface area contributed by atoms with Crippen molar-refractivity contribution in [2.24, 2.45) is 0 Å². The van der Waals surface area contributed by atoms with E-state index in [9.17, 15) is 8.42 Å². The molecule has 0 N–H and O–H groups in total. The van der Waals surface area contributed by atoms with Crippen molar-refractivity contribution >= 4 is 33.2 Å². The normalized spacial score (nSPS) is 19.7. The number of nitrogens with zero attached hydrogens (tertiary/aromatic N) is 4. The highest BCUT2D eigenvalue weighted by Crippen LogP contribution is 2.39. The second-order valence-corrected chi connectivity index (χ2v) is 8.61. The molecule has 0 spiro atoms. The Morgan fingerprint density at radius 1 is 1.13 bits per heavy atom. The Balaban J connectivity index is 1.52. The van der Waals surface area contributed by atoms with E-state index >= 15 is 0 Å². The van der Waals surface area contributed by atoms with Crippen LogP contribution in [0, 0.1) is 0 Å². The minimum Gasteiger partial charge on any atom is -0.247 e. The fourth-order valence-corrected chi connectivity index (χ4v) is 5.28. The van der Waals surface area contributed by atoms with Gasteiger partial charge >= 0.3 is 0 Å². The van der Waals surface area contributed by atoms with Gasteiger partial charge in [0.05, 0.1) is 21.8 Å². The third-order valence-corrected chi connectivity index (χ3v) is 7.03. The largest absolute Gasteiger partial charge is 0.247 e. The van der Waals surface area contributed by atoms with Gasteiger partial charge in [0.1, 0.15) is 4.90 Å². The summed E-state index contributed by atoms with van der Waals surface area (Å²) >= 11 is 12.0. The summed E-state index contributed by atoms with van der Waals surface area (Å²) in [6.45, 7) is 0.689. The van der Waals surface area contributed by atoms with Crippen molar-refractivity contribution in [1.82, 2.24) is 19.3 Å². The molecule has 1 saturated carbocycles. The van der Waals surface area contributed by atoms with Gasteiger partial charge in [-0.2, -0.15) is 4.31 Å². The van der Waals surface area contributed by atoms with Gasteiger partial charge in [0.2, 0.25) is 10.0 Å². The molecule has 1 aromatic heterocycles. The monoisotopic (exact) mass is 372 g/mol. The first kappa shape index (κ1) is 15.4. The molecule has 0 amide bonds. The molecular formula is C14H14Cl2N4O2S. The lowest BCUT2D eigenvalue weighted by molar-refractivity contribution is 0.189. The number of sulfonamides is 1. The van der Waals surface area contributed by atoms with Crippen molar-refractivity contribution in [3.05, 3.63) is 40.1 Å². The van der Waals surface area contributed by atoms with E-state index in [2.05, 4.69) is 10.3 Å². The maximum atomic E-state index is 12.7. The van der Waals surface area contributed by atoms with Gasteiger partial charge < -0.3 is 0 Å². The highest BCUT2D eigenvalue weighted by Gasteiger charge is 2.40. The molecule has 9 heteroatoms. The molecule has 4 rings (SSSR count). The molecule has 0 radical (unpaired) electrons. The van der Waals surface area contributed by atoms with Gasteiger partial charge in [0, 0.05) is 25.2 Å². The van der Waals surface area contributed by atoms with Gasteiger partial charge in [0.15, 0.2) is 0 Å². The molecule has 23 heavy (non-hydrogen) atoms. The van der Waals surface area contributed by atoms with Gasteiger partial charge in [-0.05, 0) is 25.0 Å². The van der Waals surface area contributed by atoms with Crippen LogP contribution in [0.2, 0.25) is 10.0 Å². The van der Waals surface area contributed by atoms with E-state index in [1.807, 2.05) is 6.20 Å². The van der Waals surface area contributed by atoms with Crippen LogP contribution < -0.4 is 0 Å². The summed E-state index contributed by atoms with van der Waals surface area (Å²) in [6.07, 6.45) is 4.25. The highest BCUT2D eigenvalue weighted by molar-refractivity contribution is 7.89. The number of aromatic nitrogens is 3. The summed E-state index contributed by atoms with van der Waals surface area (Å²) in [5.74, 6) is 0.533. The van der Waals surface area contributed by atoms with Crippen LogP contribution in [0.25, 0.3) is 0 Å². The number of hydrogen-bond donors (Lipinski definition) is 0. The average molecular weight is 373 g/mol. The summed E-state index contributed by atoms with van der Waals surface area (Å²) in [5, 5.41) is 8.55. The highest BCUT2D eigenvalue weighted by atomic mass is 35.5. The third-order valence-electron chi connectivity index (χ3n) is 4.24. The van der Waals surface area contributed by atoms with E-state index < -0.39 is 10.0 Å². The van der Waals surface area contributed by atoms with Crippen LogP contribution in [0.3, 0.4) is 0 Å². The summed E-state index contributed by atoms with van der Waals surface area (Å²) in [6, 6.07) is 4.68. The molecule has 6 nitrogen and oxygen atoms in total. The van der Waals surface area contributed by atoms with Crippen LogP contribution in [0.5, 0.6) is 0 Å². The van der Waals surface area contributed by atoms with Crippen molar-refractivity contribution in [2.75, 3.05) is 13.1 Å². The molecule has 2 aliphatic rings. The molecule has 2 fully saturated rings. The Labute approximate surface area is 144 Å². The Hall–Kier alpha value is -1.15. The first-order valence-corrected chi connectivity index (χ1v) is 9.52. The quantitative estimate of drug-likeness (QED) is 0.827. The van der Waals surface area contributed by atoms with Crippen LogP contribution in [0.1, 0.15) is 30.5 Å². The fourth-order valence-electron chi connectivity index (χ4n) is 2.67. The zero-order chi connectivity index (χ0) is 16.2. The maximum absolute atomic E-state index is 12.7. The van der Waals surface area contributed by atoms with E-state index in [4.69, 9.17) is 23.2 Å². The molecule has 122 valence electrons. The van der Waals surface area contributed by atoms with Gasteiger partial charge in [-0.1, -0.05) is 34.5 Å². The van der Waals surface area contributed by atoms with Gasteiger partial charge in [0.25, 0.3) is 0 Å². The Kier molecular flexibility index (Phi) is 3.64. The summed E-state index contributed by atoms with van der Waals surface area (Å²) in [5.41, 5.74) is 1.00. The van der Waals surface area contributed by atoms with Crippen molar-refractivity contribution in [3.8, 4) is 0 Å². The molecule has 1 aromatic carbocycles. The average Bonchev–Trinajstić information content (AvgIpc) is 3.16. The summed E-state index contributed by atoms with van der Waals surface area (Å²) in [4.78, 5) is -0.0287. The molecule has 1 aliphatic carbocycles. The van der Waals surface area contributed by atoms with E-state index in [1.54, 1.807) is 10.7 Å². The van der Waals surface area contributed by atoms with Crippen LogP contribution in [0.15, 0.2) is 29.3 Å². The predicted molar refractivity (Wildman–Crippen MR) is 86.3 cm³/mol. The molecule has 0 atom stereocenters. The molecule has 2 heterocycles. The van der Waals surface area contributed by atoms with Crippen molar-refractivity contribution in [3.63, 3.8) is 0 Å². The third kappa shape index (κ3) is 2.65. The number of halogens is 2. The van der Waals surface area contributed by atoms with E-state index in [-0.39, 0.29) is 21.0 Å². The Bertz CT molecular complexity index is 837. The smallest absolute Gasteiger partial charge is 0.246 e. The molecule has 1 saturated heterocycles. The van der Waals surface area contributed by atoms with Gasteiger partial charge in [-0.25, -0.2) is 13.1 Å². The zero-order valence-corrected chi connectivity index (χ0v) is 14.4. The first-order chi connectivity index (χ1) is 11.0. The second kappa shape index (κ2) is 5.44. The van der Waals surface area contributed by atoms with Crippen molar-refractivity contribution < 1.29 is 8.42 Å². The van der Waals surface area contributed by atoms with Crippen LogP contribution in [-0.4, -0.2) is 40.8 Å². The van der Waals surface area contributed by atoms with Crippen LogP contribution >= 0.6 is 23.2 Å². The number of hydrogen-bond acceptors (Lipinski definition) is 4. The minimum atomic E-state index is -3.69. The summed E-state index contributed by atoms with van der Waals surface area (Å²) < 4.78 is 28.5. The molecule has 0 bridgehead atoms. The van der Waals surface area contributed by atoms with E-state index in [1.165, 1.54) is 16.4 Å². The molecule has 0 unspecified atom stereocenters. The first-order valence-electron chi connectivity index (χ1n) is 7.32. The maximum Gasteiger partial charge on any atom is 0.246 e. The van der Waals surface area contributed by atoms with Gasteiger partial charge in [-0.3, -0.25) is 0 Å². The molecular weight excluding hydrogens is 359 g/mol. The number of benzene rings is 1. The lowest BCUT2D eigenvalue weighted by atomic mass is 10.2. The predicted octanol–water partition coefficient (Wildman–Crippen LogP) is 2.71. The standard InChI is InChI=1S/C14H14Cl2N4O2S/c15-11-2-1-3-12(16)14(11)23(21,22)19-6-10(7-19)20-8-13(17-18-20)9-4-5-9/h1-3,8-10H,4-7H2. The van der Waals surface area contributed by atoms with Crippen LogP contribution in [-0.2, 0) is 10.0 Å². The lowest BCUT2D eigenvalue weighted by Gasteiger charge is -2.37. The minimum absolute atomic E-state index is 0.00559. The van der Waals surface area contributed by atoms with Crippen molar-refractivity contribution in [1.29, 1.82) is 0 Å². The fraction of sp³-hybridized carbons (Fsp3) is 0.429. The van der Waals surface area contributed by atoms with Crippen LogP contribution in [0.4, 0.5) is 0 Å². The topological polar surface area (TPSA) is 68.1 Å². The zero-order valence-electron chi connectivity index (χ0n) is 12.1. The molecule has 2 aromatic rings. The molecule has 1 aliphatic heterocycles. The van der Waals surface area contributed by atoms with Crippen molar-refractivity contribution in [2.45, 2.75) is 29.7 Å². The van der Waals surface area contributed by atoms with E-state index in [0.717, 1.165) is 18.5 Å². The lowest BCUT2D eigenvalue weighted by Crippen LogP contribution is -2.50. The second-order valence-electron chi connectivity index (χ2n) is 5.92. The Morgan fingerprint density at radius 3 is 2.39 bits per heavy atom. The SMILES string of the molecule is O=S(=O)(c1c(Cl)cccc1Cl)N1CC(n2cc(C3CC3)nn2)C1.